The SMILES string of the molecule is CCC(C)N(CC(=O)N(CCOC)Cc1cccn1C)C(=O)Nc1ccc(F)cc1F. The molecule has 3 amide bonds. The van der Waals surface area contributed by atoms with Gasteiger partial charge in [0.25, 0.3) is 0 Å². The molecule has 0 bridgehead atoms. The summed E-state index contributed by atoms with van der Waals surface area (Å²) in [6, 6.07) is 5.82. The number of methoxy groups -OCH3 is 1. The number of anilines is 1. The Kier molecular flexibility index (Phi) is 8.99. The van der Waals surface area contributed by atoms with E-state index >= 15 is 0 Å². The van der Waals surface area contributed by atoms with Crippen molar-refractivity contribution in [1.82, 2.24) is 14.4 Å². The number of aromatic nitrogens is 1. The Morgan fingerprint density at radius 3 is 2.58 bits per heavy atom. The predicted molar refractivity (Wildman–Crippen MR) is 115 cm³/mol. The molecule has 2 aromatic rings. The van der Waals surface area contributed by atoms with E-state index in [1.807, 2.05) is 43.8 Å². The van der Waals surface area contributed by atoms with Crippen LogP contribution in [-0.4, -0.2) is 59.2 Å². The van der Waals surface area contributed by atoms with E-state index in [1.165, 1.54) is 4.90 Å². The third-order valence-electron chi connectivity index (χ3n) is 5.18. The van der Waals surface area contributed by atoms with Gasteiger partial charge >= 0.3 is 6.03 Å². The molecule has 9 heteroatoms. The molecule has 1 unspecified atom stereocenters. The van der Waals surface area contributed by atoms with E-state index in [4.69, 9.17) is 4.74 Å². The topological polar surface area (TPSA) is 66.8 Å². The van der Waals surface area contributed by atoms with Crippen LogP contribution in [0.1, 0.15) is 26.0 Å². The average Bonchev–Trinajstić information content (AvgIpc) is 3.14. The largest absolute Gasteiger partial charge is 0.383 e. The highest BCUT2D eigenvalue weighted by Gasteiger charge is 2.26. The van der Waals surface area contributed by atoms with Crippen LogP contribution in [0.4, 0.5) is 19.3 Å². The third-order valence-corrected chi connectivity index (χ3v) is 5.18. The summed E-state index contributed by atoms with van der Waals surface area (Å²) in [6.07, 6.45) is 2.49. The molecule has 1 aromatic carbocycles. The molecule has 170 valence electrons. The maximum Gasteiger partial charge on any atom is 0.322 e. The smallest absolute Gasteiger partial charge is 0.322 e. The predicted octanol–water partition coefficient (Wildman–Crippen LogP) is 3.61. The quantitative estimate of drug-likeness (QED) is 0.619. The van der Waals surface area contributed by atoms with Crippen LogP contribution in [-0.2, 0) is 23.1 Å². The zero-order valence-electron chi connectivity index (χ0n) is 18.4. The molecule has 2 rings (SSSR count). The molecule has 0 saturated carbocycles. The molecule has 0 aliphatic heterocycles. The van der Waals surface area contributed by atoms with Gasteiger partial charge in [-0.25, -0.2) is 13.6 Å². The van der Waals surface area contributed by atoms with Crippen LogP contribution >= 0.6 is 0 Å². The molecule has 0 fully saturated rings. The molecule has 1 N–H and O–H groups in total. The van der Waals surface area contributed by atoms with Gasteiger partial charge in [-0.3, -0.25) is 4.79 Å². The Bertz CT molecular complexity index is 887. The first-order valence-electron chi connectivity index (χ1n) is 10.2. The maximum absolute atomic E-state index is 14.0. The fraction of sp³-hybridized carbons (Fsp3) is 0.455. The molecule has 0 aliphatic rings. The zero-order valence-corrected chi connectivity index (χ0v) is 18.4. The number of carbonyl (C=O) groups is 2. The fourth-order valence-electron chi connectivity index (χ4n) is 3.02. The summed E-state index contributed by atoms with van der Waals surface area (Å²) < 4.78 is 34.2. The Labute approximate surface area is 181 Å². The van der Waals surface area contributed by atoms with E-state index in [1.54, 1.807) is 12.0 Å². The molecule has 7 nitrogen and oxygen atoms in total. The number of benzene rings is 1. The summed E-state index contributed by atoms with van der Waals surface area (Å²) in [4.78, 5) is 28.9. The van der Waals surface area contributed by atoms with Crippen molar-refractivity contribution in [3.05, 3.63) is 53.9 Å². The van der Waals surface area contributed by atoms with Crippen molar-refractivity contribution in [3.63, 3.8) is 0 Å². The number of hydrogen-bond acceptors (Lipinski definition) is 3. The molecule has 0 radical (unpaired) electrons. The molecular formula is C22H30F2N4O3. The van der Waals surface area contributed by atoms with Crippen LogP contribution in [0.5, 0.6) is 0 Å². The van der Waals surface area contributed by atoms with Gasteiger partial charge in [0.1, 0.15) is 18.2 Å². The van der Waals surface area contributed by atoms with E-state index in [-0.39, 0.29) is 24.2 Å². The highest BCUT2D eigenvalue weighted by atomic mass is 19.1. The summed E-state index contributed by atoms with van der Waals surface area (Å²) in [6.45, 7) is 4.60. The number of urea groups is 1. The number of nitrogens with one attached hydrogen (secondary N) is 1. The Morgan fingerprint density at radius 1 is 1.26 bits per heavy atom. The van der Waals surface area contributed by atoms with Crippen LogP contribution in [0, 0.1) is 11.6 Å². The van der Waals surface area contributed by atoms with Gasteiger partial charge in [0.15, 0.2) is 0 Å². The monoisotopic (exact) mass is 436 g/mol. The van der Waals surface area contributed by atoms with Crippen LogP contribution in [0.3, 0.4) is 0 Å². The average molecular weight is 437 g/mol. The van der Waals surface area contributed by atoms with Gasteiger partial charge in [0.2, 0.25) is 5.91 Å². The van der Waals surface area contributed by atoms with Gasteiger partial charge in [-0.1, -0.05) is 6.92 Å². The lowest BCUT2D eigenvalue weighted by molar-refractivity contribution is -0.133. The second kappa shape index (κ2) is 11.5. The third kappa shape index (κ3) is 6.78. The minimum atomic E-state index is -0.880. The number of carbonyl (C=O) groups excluding carboxylic acids is 2. The van der Waals surface area contributed by atoms with Crippen molar-refractivity contribution in [2.75, 3.05) is 32.1 Å². The van der Waals surface area contributed by atoms with Crippen LogP contribution in [0.25, 0.3) is 0 Å². The van der Waals surface area contributed by atoms with Gasteiger partial charge in [0.05, 0.1) is 18.8 Å². The number of amides is 3. The number of rotatable bonds is 10. The second-order valence-electron chi connectivity index (χ2n) is 7.36. The maximum atomic E-state index is 14.0. The highest BCUT2D eigenvalue weighted by molar-refractivity contribution is 5.92. The van der Waals surface area contributed by atoms with Crippen molar-refractivity contribution in [3.8, 4) is 0 Å². The molecular weight excluding hydrogens is 406 g/mol. The van der Waals surface area contributed by atoms with E-state index in [0.717, 1.165) is 17.8 Å². The van der Waals surface area contributed by atoms with Gasteiger partial charge in [-0.2, -0.15) is 0 Å². The summed E-state index contributed by atoms with van der Waals surface area (Å²) in [5.41, 5.74) is 0.796. The normalized spacial score (nSPS) is 11.8. The lowest BCUT2D eigenvalue weighted by Crippen LogP contribution is -2.48. The van der Waals surface area contributed by atoms with Crippen LogP contribution in [0.2, 0.25) is 0 Å². The summed E-state index contributed by atoms with van der Waals surface area (Å²) >= 11 is 0. The summed E-state index contributed by atoms with van der Waals surface area (Å²) in [7, 11) is 3.45. The van der Waals surface area contributed by atoms with Crippen molar-refractivity contribution in [1.29, 1.82) is 0 Å². The summed E-state index contributed by atoms with van der Waals surface area (Å²) in [5, 5.41) is 2.44. The molecule has 1 heterocycles. The minimum absolute atomic E-state index is 0.146. The van der Waals surface area contributed by atoms with Crippen molar-refractivity contribution in [2.24, 2.45) is 7.05 Å². The fourth-order valence-corrected chi connectivity index (χ4v) is 3.02. The van der Waals surface area contributed by atoms with E-state index < -0.39 is 17.7 Å². The van der Waals surface area contributed by atoms with Gasteiger partial charge in [-0.05, 0) is 37.6 Å². The standard InChI is InChI=1S/C22H30F2N4O3/c1-5-16(2)28(22(30)25-20-9-8-17(23)13-19(20)24)15-21(29)27(11-12-31-4)14-18-7-6-10-26(18)3/h6-10,13,16H,5,11-12,14-15H2,1-4H3,(H,25,30). The van der Waals surface area contributed by atoms with Crippen molar-refractivity contribution >= 4 is 17.6 Å². The molecule has 31 heavy (non-hydrogen) atoms. The van der Waals surface area contributed by atoms with Crippen LogP contribution < -0.4 is 5.32 Å². The number of aryl methyl sites for hydroxylation is 1. The first kappa shape index (κ1) is 24.3. The van der Waals surface area contributed by atoms with E-state index in [2.05, 4.69) is 5.32 Å². The van der Waals surface area contributed by atoms with Crippen molar-refractivity contribution < 1.29 is 23.1 Å². The Balaban J connectivity index is 2.16. The highest BCUT2D eigenvalue weighted by Crippen LogP contribution is 2.17. The molecule has 1 atom stereocenters. The molecule has 0 saturated heterocycles. The first-order valence-corrected chi connectivity index (χ1v) is 10.2. The lowest BCUT2D eigenvalue weighted by atomic mass is 10.2. The summed E-state index contributed by atoms with van der Waals surface area (Å²) in [5.74, 6) is -1.87. The van der Waals surface area contributed by atoms with E-state index in [9.17, 15) is 18.4 Å². The first-order chi connectivity index (χ1) is 14.8. The Hall–Kier alpha value is -2.94. The van der Waals surface area contributed by atoms with Gasteiger partial charge in [0, 0.05) is 44.7 Å². The Morgan fingerprint density at radius 2 is 2.00 bits per heavy atom. The lowest BCUT2D eigenvalue weighted by Gasteiger charge is -2.31. The molecule has 0 aliphatic carbocycles. The second-order valence-corrected chi connectivity index (χ2v) is 7.36. The number of halogens is 2. The molecule has 0 spiro atoms. The number of nitrogens with zero attached hydrogens (tertiary/aromatic N) is 3. The number of hydrogen-bond donors (Lipinski definition) is 1. The molecule has 1 aromatic heterocycles. The van der Waals surface area contributed by atoms with Gasteiger partial charge < -0.3 is 24.4 Å². The van der Waals surface area contributed by atoms with Crippen molar-refractivity contribution in [2.45, 2.75) is 32.9 Å². The van der Waals surface area contributed by atoms with E-state index in [0.29, 0.717) is 32.2 Å². The van der Waals surface area contributed by atoms with Gasteiger partial charge in [-0.15, -0.1) is 0 Å². The minimum Gasteiger partial charge on any atom is -0.383 e. The van der Waals surface area contributed by atoms with Crippen LogP contribution in [0.15, 0.2) is 36.5 Å². The zero-order chi connectivity index (χ0) is 23.0. The number of ether oxygens (including phenoxy) is 1.